The highest BCUT2D eigenvalue weighted by Gasteiger charge is 2.02. The van der Waals surface area contributed by atoms with Crippen LogP contribution in [-0.2, 0) is 5.33 Å². The molecule has 108 valence electrons. The van der Waals surface area contributed by atoms with Gasteiger partial charge in [0.25, 0.3) is 0 Å². The van der Waals surface area contributed by atoms with Crippen molar-refractivity contribution >= 4 is 15.9 Å². The van der Waals surface area contributed by atoms with Crippen molar-refractivity contribution in [2.45, 2.75) is 64.1 Å². The minimum atomic E-state index is 0.844. The molecule has 0 atom stereocenters. The third-order valence-corrected chi connectivity index (χ3v) is 3.97. The zero-order chi connectivity index (χ0) is 13.9. The predicted molar refractivity (Wildman–Crippen MR) is 87.3 cm³/mol. The number of hydrogen-bond acceptors (Lipinski definition) is 1. The quantitative estimate of drug-likeness (QED) is 0.377. The van der Waals surface area contributed by atoms with E-state index < -0.39 is 0 Å². The van der Waals surface area contributed by atoms with Gasteiger partial charge in [0, 0.05) is 10.9 Å². The Morgan fingerprint density at radius 2 is 1.68 bits per heavy atom. The largest absolute Gasteiger partial charge is 0.493 e. The number of halogens is 1. The number of unbranched alkanes of at least 4 members (excludes halogenated alkanes) is 6. The number of rotatable bonds is 10. The standard InChI is InChI=1S/C17H27BrO/c1-3-4-5-6-7-8-9-12-19-17-11-10-15(2)13-16(17)14-18/h10-11,13H,3-9,12,14H2,1-2H3. The summed E-state index contributed by atoms with van der Waals surface area (Å²) >= 11 is 3.52. The molecule has 1 aromatic rings. The lowest BCUT2D eigenvalue weighted by Crippen LogP contribution is -2.00. The van der Waals surface area contributed by atoms with Gasteiger partial charge < -0.3 is 4.74 Å². The second kappa shape index (κ2) is 10.3. The third kappa shape index (κ3) is 7.00. The molecule has 0 spiro atoms. The van der Waals surface area contributed by atoms with Crippen molar-refractivity contribution in [1.82, 2.24) is 0 Å². The molecule has 0 saturated carbocycles. The topological polar surface area (TPSA) is 9.23 Å². The molecular formula is C17H27BrO. The molecule has 19 heavy (non-hydrogen) atoms. The fourth-order valence-corrected chi connectivity index (χ4v) is 2.63. The molecule has 2 heteroatoms. The molecule has 0 aromatic heterocycles. The van der Waals surface area contributed by atoms with Gasteiger partial charge in [-0.15, -0.1) is 0 Å². The number of alkyl halides is 1. The monoisotopic (exact) mass is 326 g/mol. The van der Waals surface area contributed by atoms with E-state index in [0.717, 1.165) is 17.7 Å². The zero-order valence-electron chi connectivity index (χ0n) is 12.4. The Hall–Kier alpha value is -0.500. The lowest BCUT2D eigenvalue weighted by molar-refractivity contribution is 0.302. The lowest BCUT2D eigenvalue weighted by Gasteiger charge is -2.10. The summed E-state index contributed by atoms with van der Waals surface area (Å²) in [6.45, 7) is 5.22. The van der Waals surface area contributed by atoms with Crippen LogP contribution in [0.1, 0.15) is 63.0 Å². The first kappa shape index (κ1) is 16.6. The van der Waals surface area contributed by atoms with Crippen LogP contribution < -0.4 is 4.74 Å². The molecule has 1 aromatic carbocycles. The molecule has 0 aliphatic carbocycles. The summed E-state index contributed by atoms with van der Waals surface area (Å²) in [5.74, 6) is 1.04. The second-order valence-corrected chi connectivity index (χ2v) is 5.78. The average molecular weight is 327 g/mol. The minimum absolute atomic E-state index is 0.844. The number of ether oxygens (including phenoxy) is 1. The van der Waals surface area contributed by atoms with Crippen molar-refractivity contribution in [3.8, 4) is 5.75 Å². The van der Waals surface area contributed by atoms with E-state index in [4.69, 9.17) is 4.74 Å². The van der Waals surface area contributed by atoms with Gasteiger partial charge in [0.15, 0.2) is 0 Å². The molecule has 0 aliphatic heterocycles. The Morgan fingerprint density at radius 1 is 1.00 bits per heavy atom. The maximum Gasteiger partial charge on any atom is 0.123 e. The fourth-order valence-electron chi connectivity index (χ4n) is 2.19. The van der Waals surface area contributed by atoms with Crippen LogP contribution in [0.25, 0.3) is 0 Å². The predicted octanol–water partition coefficient (Wildman–Crippen LogP) is 6.02. The summed E-state index contributed by atoms with van der Waals surface area (Å²) in [6, 6.07) is 6.40. The van der Waals surface area contributed by atoms with Crippen molar-refractivity contribution in [3.05, 3.63) is 29.3 Å². The van der Waals surface area contributed by atoms with E-state index in [1.807, 2.05) is 0 Å². The molecule has 0 aliphatic rings. The first-order valence-electron chi connectivity index (χ1n) is 7.56. The fraction of sp³-hybridized carbons (Fsp3) is 0.647. The van der Waals surface area contributed by atoms with Crippen LogP contribution in [0.2, 0.25) is 0 Å². The number of benzene rings is 1. The normalized spacial score (nSPS) is 10.7. The summed E-state index contributed by atoms with van der Waals surface area (Å²) in [5, 5.41) is 0.862. The van der Waals surface area contributed by atoms with Crippen molar-refractivity contribution < 1.29 is 4.74 Å². The lowest BCUT2D eigenvalue weighted by atomic mass is 10.1. The van der Waals surface area contributed by atoms with Crippen LogP contribution in [0.5, 0.6) is 5.75 Å². The molecule has 0 amide bonds. The summed E-state index contributed by atoms with van der Waals surface area (Å²) in [6.07, 6.45) is 9.29. The Labute approximate surface area is 126 Å². The highest BCUT2D eigenvalue weighted by atomic mass is 79.9. The van der Waals surface area contributed by atoms with Crippen LogP contribution in [-0.4, -0.2) is 6.61 Å². The van der Waals surface area contributed by atoms with Crippen LogP contribution in [0.15, 0.2) is 18.2 Å². The SMILES string of the molecule is CCCCCCCCCOc1ccc(C)cc1CBr. The third-order valence-electron chi connectivity index (χ3n) is 3.37. The molecule has 1 rings (SSSR count). The zero-order valence-corrected chi connectivity index (χ0v) is 14.0. The van der Waals surface area contributed by atoms with Crippen LogP contribution in [0.4, 0.5) is 0 Å². The van der Waals surface area contributed by atoms with E-state index in [0.29, 0.717) is 0 Å². The Morgan fingerprint density at radius 3 is 2.37 bits per heavy atom. The number of hydrogen-bond donors (Lipinski definition) is 0. The van der Waals surface area contributed by atoms with Crippen molar-refractivity contribution in [2.75, 3.05) is 6.61 Å². The Balaban J connectivity index is 2.15. The molecule has 0 fully saturated rings. The van der Waals surface area contributed by atoms with Gasteiger partial charge in [-0.3, -0.25) is 0 Å². The maximum atomic E-state index is 5.88. The van der Waals surface area contributed by atoms with Gasteiger partial charge in [0.2, 0.25) is 0 Å². The molecule has 0 N–H and O–H groups in total. The van der Waals surface area contributed by atoms with Crippen molar-refractivity contribution in [2.24, 2.45) is 0 Å². The first-order chi connectivity index (χ1) is 9.27. The van der Waals surface area contributed by atoms with E-state index in [9.17, 15) is 0 Å². The van der Waals surface area contributed by atoms with Gasteiger partial charge in [0.05, 0.1) is 6.61 Å². The summed E-state index contributed by atoms with van der Waals surface area (Å²) in [7, 11) is 0. The molecule has 0 heterocycles. The molecule has 0 unspecified atom stereocenters. The Bertz CT molecular complexity index is 349. The van der Waals surface area contributed by atoms with E-state index in [1.165, 1.54) is 56.1 Å². The highest BCUT2D eigenvalue weighted by Crippen LogP contribution is 2.22. The van der Waals surface area contributed by atoms with Gasteiger partial charge in [0.1, 0.15) is 5.75 Å². The van der Waals surface area contributed by atoms with Gasteiger partial charge in [-0.1, -0.05) is 79.1 Å². The average Bonchev–Trinajstić information content (AvgIpc) is 2.43. The van der Waals surface area contributed by atoms with Gasteiger partial charge >= 0.3 is 0 Å². The van der Waals surface area contributed by atoms with Gasteiger partial charge in [-0.2, -0.15) is 0 Å². The maximum absolute atomic E-state index is 5.88. The molecule has 0 bridgehead atoms. The second-order valence-electron chi connectivity index (χ2n) is 5.21. The highest BCUT2D eigenvalue weighted by molar-refractivity contribution is 9.08. The van der Waals surface area contributed by atoms with Crippen LogP contribution >= 0.6 is 15.9 Å². The summed E-state index contributed by atoms with van der Waals surface area (Å²) in [5.41, 5.74) is 2.54. The Kier molecular flexibility index (Phi) is 8.98. The van der Waals surface area contributed by atoms with E-state index in [-0.39, 0.29) is 0 Å². The van der Waals surface area contributed by atoms with Crippen LogP contribution in [0, 0.1) is 6.92 Å². The van der Waals surface area contributed by atoms with E-state index >= 15 is 0 Å². The van der Waals surface area contributed by atoms with E-state index in [1.54, 1.807) is 0 Å². The summed E-state index contributed by atoms with van der Waals surface area (Å²) < 4.78 is 5.88. The molecule has 1 nitrogen and oxygen atoms in total. The van der Waals surface area contributed by atoms with Gasteiger partial charge in [-0.05, 0) is 19.4 Å². The van der Waals surface area contributed by atoms with E-state index in [2.05, 4.69) is 48.0 Å². The first-order valence-corrected chi connectivity index (χ1v) is 8.68. The number of aryl methyl sites for hydroxylation is 1. The molecular weight excluding hydrogens is 300 g/mol. The van der Waals surface area contributed by atoms with Crippen molar-refractivity contribution in [1.29, 1.82) is 0 Å². The minimum Gasteiger partial charge on any atom is -0.493 e. The van der Waals surface area contributed by atoms with Gasteiger partial charge in [-0.25, -0.2) is 0 Å². The molecule has 0 saturated heterocycles. The van der Waals surface area contributed by atoms with Crippen molar-refractivity contribution in [3.63, 3.8) is 0 Å². The smallest absolute Gasteiger partial charge is 0.123 e. The summed E-state index contributed by atoms with van der Waals surface area (Å²) in [4.78, 5) is 0. The van der Waals surface area contributed by atoms with Crippen LogP contribution in [0.3, 0.4) is 0 Å². The molecule has 0 radical (unpaired) electrons.